The maximum absolute atomic E-state index is 9.98. The zero-order valence-electron chi connectivity index (χ0n) is 12.9. The van der Waals surface area contributed by atoms with E-state index >= 15 is 0 Å². The fourth-order valence-electron chi connectivity index (χ4n) is 2.67. The lowest BCUT2D eigenvalue weighted by atomic mass is 9.76. The summed E-state index contributed by atoms with van der Waals surface area (Å²) in [5, 5.41) is 13.2. The minimum absolute atomic E-state index is 0.0179. The van der Waals surface area contributed by atoms with Crippen molar-refractivity contribution in [1.82, 2.24) is 5.32 Å². The van der Waals surface area contributed by atoms with Gasteiger partial charge in [0, 0.05) is 12.0 Å². The highest BCUT2D eigenvalue weighted by molar-refractivity contribution is 5.47. The largest absolute Gasteiger partial charge is 0.391 e. The molecule has 1 heterocycles. The van der Waals surface area contributed by atoms with Crippen molar-refractivity contribution in [3.63, 3.8) is 0 Å². The van der Waals surface area contributed by atoms with Crippen LogP contribution in [0.4, 0.5) is 0 Å². The average molecular weight is 263 g/mol. The van der Waals surface area contributed by atoms with E-state index in [-0.39, 0.29) is 5.41 Å². The van der Waals surface area contributed by atoms with Gasteiger partial charge in [-0.25, -0.2) is 0 Å². The predicted molar refractivity (Wildman–Crippen MR) is 84.9 cm³/mol. The van der Waals surface area contributed by atoms with Crippen molar-refractivity contribution in [2.24, 2.45) is 5.41 Å². The Morgan fingerprint density at radius 3 is 2.32 bits per heavy atom. The highest BCUT2D eigenvalue weighted by Crippen LogP contribution is 2.48. The molecular formula is C17H29NO. The van der Waals surface area contributed by atoms with Gasteiger partial charge in [-0.1, -0.05) is 59.1 Å². The van der Waals surface area contributed by atoms with Crippen LogP contribution in [-0.4, -0.2) is 17.8 Å². The lowest BCUT2D eigenvalue weighted by molar-refractivity contribution is 0.183. The molecule has 0 amide bonds. The van der Waals surface area contributed by atoms with E-state index in [0.717, 1.165) is 30.5 Å². The number of hydrogen-bond acceptors (Lipinski definition) is 2. The first-order valence-corrected chi connectivity index (χ1v) is 7.32. The standard InChI is InChI=1S/C13H17NO.2C2H6/c1-3-10-11(4-2)13(9-12(10)15)5-7-14-8-6-13;2*1-2/h3-5,7,12,14-15H,1-2,6,8-9H2;2*1-2H3. The molecule has 0 aromatic heterocycles. The van der Waals surface area contributed by atoms with E-state index in [0.29, 0.717) is 0 Å². The Morgan fingerprint density at radius 2 is 1.89 bits per heavy atom. The van der Waals surface area contributed by atoms with Gasteiger partial charge in [-0.15, -0.1) is 0 Å². The average Bonchev–Trinajstić information content (AvgIpc) is 2.74. The molecule has 2 nitrogen and oxygen atoms in total. The summed E-state index contributed by atoms with van der Waals surface area (Å²) in [6.07, 6.45) is 9.12. The zero-order valence-corrected chi connectivity index (χ0v) is 12.9. The highest BCUT2D eigenvalue weighted by atomic mass is 16.3. The number of aliphatic hydroxyl groups is 1. The van der Waals surface area contributed by atoms with Crippen molar-refractivity contribution < 1.29 is 5.11 Å². The van der Waals surface area contributed by atoms with E-state index < -0.39 is 6.10 Å². The van der Waals surface area contributed by atoms with Crippen LogP contribution in [0.1, 0.15) is 40.5 Å². The summed E-state index contributed by atoms with van der Waals surface area (Å²) < 4.78 is 0. The molecule has 1 aliphatic carbocycles. The molecule has 2 aliphatic rings. The van der Waals surface area contributed by atoms with Crippen molar-refractivity contribution in [3.05, 3.63) is 48.7 Å². The van der Waals surface area contributed by atoms with Gasteiger partial charge in [0.05, 0.1) is 6.10 Å². The molecule has 0 saturated heterocycles. The molecule has 108 valence electrons. The van der Waals surface area contributed by atoms with Crippen LogP contribution in [0.25, 0.3) is 0 Å². The van der Waals surface area contributed by atoms with Crippen LogP contribution in [0.5, 0.6) is 0 Å². The van der Waals surface area contributed by atoms with Crippen LogP contribution in [0.3, 0.4) is 0 Å². The van der Waals surface area contributed by atoms with E-state index in [9.17, 15) is 5.11 Å². The molecule has 1 spiro atoms. The van der Waals surface area contributed by atoms with Gasteiger partial charge in [0.2, 0.25) is 0 Å². The second kappa shape index (κ2) is 8.76. The van der Waals surface area contributed by atoms with Crippen molar-refractivity contribution in [3.8, 4) is 0 Å². The zero-order chi connectivity index (χ0) is 14.9. The molecule has 0 radical (unpaired) electrons. The minimum Gasteiger partial charge on any atom is -0.391 e. The van der Waals surface area contributed by atoms with Crippen LogP contribution >= 0.6 is 0 Å². The smallest absolute Gasteiger partial charge is 0.0804 e. The normalized spacial score (nSPS) is 27.7. The maximum atomic E-state index is 9.98. The molecule has 0 saturated carbocycles. The summed E-state index contributed by atoms with van der Waals surface area (Å²) >= 11 is 0. The van der Waals surface area contributed by atoms with Gasteiger partial charge in [0.1, 0.15) is 0 Å². The van der Waals surface area contributed by atoms with Crippen LogP contribution in [0, 0.1) is 5.41 Å². The molecule has 0 aromatic carbocycles. The Bertz CT molecular complexity index is 354. The molecule has 0 bridgehead atoms. The molecule has 0 aromatic rings. The first-order chi connectivity index (χ1) is 9.23. The van der Waals surface area contributed by atoms with Gasteiger partial charge in [0.25, 0.3) is 0 Å². The monoisotopic (exact) mass is 263 g/mol. The van der Waals surface area contributed by atoms with Gasteiger partial charge < -0.3 is 10.4 Å². The molecule has 19 heavy (non-hydrogen) atoms. The Morgan fingerprint density at radius 1 is 1.26 bits per heavy atom. The summed E-state index contributed by atoms with van der Waals surface area (Å²) in [6.45, 7) is 16.6. The van der Waals surface area contributed by atoms with Crippen LogP contribution in [-0.2, 0) is 0 Å². The van der Waals surface area contributed by atoms with E-state index in [1.165, 1.54) is 0 Å². The Kier molecular flexibility index (Phi) is 8.17. The lowest BCUT2D eigenvalue weighted by Crippen LogP contribution is -2.28. The molecule has 0 fully saturated rings. The van der Waals surface area contributed by atoms with Gasteiger partial charge in [-0.2, -0.15) is 0 Å². The van der Waals surface area contributed by atoms with Gasteiger partial charge in [-0.3, -0.25) is 0 Å². The Labute approximate surface area is 118 Å². The summed E-state index contributed by atoms with van der Waals surface area (Å²) in [5.41, 5.74) is 2.06. The fourth-order valence-corrected chi connectivity index (χ4v) is 2.67. The SMILES string of the molecule is C=CC1=C(C=C)C2(C=CNCC2)CC1O.CC.CC. The van der Waals surface area contributed by atoms with E-state index in [1.54, 1.807) is 6.08 Å². The van der Waals surface area contributed by atoms with Gasteiger partial charge >= 0.3 is 0 Å². The van der Waals surface area contributed by atoms with Crippen LogP contribution in [0.2, 0.25) is 0 Å². The number of nitrogens with one attached hydrogen (secondary N) is 1. The van der Waals surface area contributed by atoms with Crippen molar-refractivity contribution >= 4 is 0 Å². The van der Waals surface area contributed by atoms with E-state index in [4.69, 9.17) is 0 Å². The molecule has 1 aliphatic heterocycles. The van der Waals surface area contributed by atoms with Crippen LogP contribution < -0.4 is 5.32 Å². The lowest BCUT2D eigenvalue weighted by Gasteiger charge is -2.31. The molecule has 2 rings (SSSR count). The Balaban J connectivity index is 0.000000741. The topological polar surface area (TPSA) is 32.3 Å². The molecular weight excluding hydrogens is 234 g/mol. The third kappa shape index (κ3) is 3.60. The molecule has 2 heteroatoms. The van der Waals surface area contributed by atoms with Gasteiger partial charge in [0.15, 0.2) is 0 Å². The van der Waals surface area contributed by atoms with Crippen molar-refractivity contribution in [1.29, 1.82) is 0 Å². The molecule has 2 N–H and O–H groups in total. The fraction of sp³-hybridized carbons (Fsp3) is 0.529. The van der Waals surface area contributed by atoms with E-state index in [2.05, 4.69) is 24.6 Å². The van der Waals surface area contributed by atoms with Crippen molar-refractivity contribution in [2.75, 3.05) is 6.54 Å². The first-order valence-electron chi connectivity index (χ1n) is 7.32. The highest BCUT2D eigenvalue weighted by Gasteiger charge is 2.41. The third-order valence-electron chi connectivity index (χ3n) is 3.42. The number of rotatable bonds is 2. The predicted octanol–water partition coefficient (Wildman–Crippen LogP) is 3.97. The quantitative estimate of drug-likeness (QED) is 0.790. The summed E-state index contributed by atoms with van der Waals surface area (Å²) in [6, 6.07) is 0. The number of aliphatic hydroxyl groups excluding tert-OH is 1. The summed E-state index contributed by atoms with van der Waals surface area (Å²) in [4.78, 5) is 0. The first kappa shape index (κ1) is 17.7. The number of hydrogen-bond donors (Lipinski definition) is 2. The third-order valence-corrected chi connectivity index (χ3v) is 3.42. The molecule has 2 unspecified atom stereocenters. The molecule has 2 atom stereocenters. The maximum Gasteiger partial charge on any atom is 0.0804 e. The summed E-state index contributed by atoms with van der Waals surface area (Å²) in [7, 11) is 0. The van der Waals surface area contributed by atoms with Crippen molar-refractivity contribution in [2.45, 2.75) is 46.6 Å². The summed E-state index contributed by atoms with van der Waals surface area (Å²) in [5.74, 6) is 0. The van der Waals surface area contributed by atoms with Gasteiger partial charge in [-0.05, 0) is 30.2 Å². The minimum atomic E-state index is -0.391. The van der Waals surface area contributed by atoms with Crippen LogP contribution in [0.15, 0.2) is 48.7 Å². The van der Waals surface area contributed by atoms with E-state index in [1.807, 2.05) is 40.0 Å². The second-order valence-electron chi connectivity index (χ2n) is 4.19. The second-order valence-corrected chi connectivity index (χ2v) is 4.19. The Hall–Kier alpha value is -1.28. The number of allylic oxidation sites excluding steroid dienone is 3.